The Bertz CT molecular complexity index is 535. The SMILES string of the molecule is CC(C)(C)c1ccccc1OCCNC1CCCC1C1COCCN1. The Labute approximate surface area is 152 Å². The summed E-state index contributed by atoms with van der Waals surface area (Å²) in [5.74, 6) is 1.70. The molecule has 0 spiro atoms. The molecule has 140 valence electrons. The fourth-order valence-corrected chi connectivity index (χ4v) is 4.20. The lowest BCUT2D eigenvalue weighted by molar-refractivity contribution is 0.0523. The molecular formula is C21H34N2O2. The molecule has 1 saturated carbocycles. The Hall–Kier alpha value is -1.10. The van der Waals surface area contributed by atoms with Crippen LogP contribution in [0.5, 0.6) is 5.75 Å². The molecule has 2 fully saturated rings. The smallest absolute Gasteiger partial charge is 0.123 e. The van der Waals surface area contributed by atoms with Gasteiger partial charge in [0.1, 0.15) is 12.4 Å². The molecule has 1 aliphatic carbocycles. The number of ether oxygens (including phenoxy) is 2. The van der Waals surface area contributed by atoms with Crippen molar-refractivity contribution in [2.24, 2.45) is 5.92 Å². The van der Waals surface area contributed by atoms with E-state index < -0.39 is 0 Å². The summed E-state index contributed by atoms with van der Waals surface area (Å²) in [5.41, 5.74) is 1.38. The maximum Gasteiger partial charge on any atom is 0.123 e. The lowest BCUT2D eigenvalue weighted by Crippen LogP contribution is -2.51. The van der Waals surface area contributed by atoms with Crippen molar-refractivity contribution in [2.45, 2.75) is 57.5 Å². The summed E-state index contributed by atoms with van der Waals surface area (Å²) >= 11 is 0. The van der Waals surface area contributed by atoms with Crippen molar-refractivity contribution < 1.29 is 9.47 Å². The molecule has 3 unspecified atom stereocenters. The summed E-state index contributed by atoms with van der Waals surface area (Å²) in [7, 11) is 0. The number of nitrogens with one attached hydrogen (secondary N) is 2. The average Bonchev–Trinajstić information content (AvgIpc) is 3.07. The molecule has 3 rings (SSSR count). The van der Waals surface area contributed by atoms with E-state index in [1.54, 1.807) is 0 Å². The van der Waals surface area contributed by atoms with E-state index in [1.165, 1.54) is 24.8 Å². The molecule has 2 aliphatic rings. The van der Waals surface area contributed by atoms with E-state index >= 15 is 0 Å². The average molecular weight is 347 g/mol. The number of hydrogen-bond acceptors (Lipinski definition) is 4. The lowest BCUT2D eigenvalue weighted by atomic mass is 9.86. The highest BCUT2D eigenvalue weighted by molar-refractivity contribution is 5.38. The second kappa shape index (κ2) is 8.52. The molecule has 1 aliphatic heterocycles. The Morgan fingerprint density at radius 2 is 2.08 bits per heavy atom. The van der Waals surface area contributed by atoms with Crippen LogP contribution in [0.25, 0.3) is 0 Å². The minimum Gasteiger partial charge on any atom is -0.492 e. The van der Waals surface area contributed by atoms with E-state index in [1.807, 2.05) is 0 Å². The van der Waals surface area contributed by atoms with Crippen molar-refractivity contribution in [3.63, 3.8) is 0 Å². The number of rotatable bonds is 6. The van der Waals surface area contributed by atoms with Crippen LogP contribution in [0.4, 0.5) is 0 Å². The van der Waals surface area contributed by atoms with Gasteiger partial charge in [0.05, 0.1) is 13.2 Å². The first-order chi connectivity index (χ1) is 12.1. The van der Waals surface area contributed by atoms with Crippen molar-refractivity contribution in [3.8, 4) is 5.75 Å². The van der Waals surface area contributed by atoms with Crippen molar-refractivity contribution in [1.82, 2.24) is 10.6 Å². The number of benzene rings is 1. The summed E-state index contributed by atoms with van der Waals surface area (Å²) in [6.07, 6.45) is 3.88. The minimum absolute atomic E-state index is 0.104. The zero-order valence-corrected chi connectivity index (χ0v) is 16.0. The van der Waals surface area contributed by atoms with Gasteiger partial charge < -0.3 is 20.1 Å². The van der Waals surface area contributed by atoms with Gasteiger partial charge >= 0.3 is 0 Å². The summed E-state index contributed by atoms with van der Waals surface area (Å²) in [6.45, 7) is 11.0. The monoisotopic (exact) mass is 346 g/mol. The maximum atomic E-state index is 6.10. The summed E-state index contributed by atoms with van der Waals surface area (Å²) < 4.78 is 11.8. The second-order valence-electron chi connectivity index (χ2n) is 8.39. The predicted molar refractivity (Wildman–Crippen MR) is 102 cm³/mol. The van der Waals surface area contributed by atoms with Gasteiger partial charge in [-0.15, -0.1) is 0 Å². The van der Waals surface area contributed by atoms with Crippen LogP contribution in [0.3, 0.4) is 0 Å². The topological polar surface area (TPSA) is 42.5 Å². The fourth-order valence-electron chi connectivity index (χ4n) is 4.20. The van der Waals surface area contributed by atoms with Gasteiger partial charge in [0, 0.05) is 25.2 Å². The molecule has 1 aromatic rings. The lowest BCUT2D eigenvalue weighted by Gasteiger charge is -2.33. The zero-order chi connectivity index (χ0) is 17.7. The molecule has 25 heavy (non-hydrogen) atoms. The van der Waals surface area contributed by atoms with Gasteiger partial charge in [-0.05, 0) is 35.8 Å². The van der Waals surface area contributed by atoms with E-state index in [0.29, 0.717) is 24.6 Å². The molecule has 4 heteroatoms. The molecule has 1 saturated heterocycles. The molecule has 0 radical (unpaired) electrons. The maximum absolute atomic E-state index is 6.10. The zero-order valence-electron chi connectivity index (χ0n) is 16.0. The first kappa shape index (κ1) is 18.7. The van der Waals surface area contributed by atoms with Crippen molar-refractivity contribution in [3.05, 3.63) is 29.8 Å². The van der Waals surface area contributed by atoms with Gasteiger partial charge in [0.25, 0.3) is 0 Å². The molecule has 1 heterocycles. The van der Waals surface area contributed by atoms with Crippen LogP contribution >= 0.6 is 0 Å². The van der Waals surface area contributed by atoms with Crippen LogP contribution in [0.1, 0.15) is 45.6 Å². The molecule has 0 amide bonds. The predicted octanol–water partition coefficient (Wildman–Crippen LogP) is 3.11. The molecular weight excluding hydrogens is 312 g/mol. The third kappa shape index (κ3) is 4.96. The first-order valence-corrected chi connectivity index (χ1v) is 9.82. The number of para-hydroxylation sites is 1. The van der Waals surface area contributed by atoms with Gasteiger partial charge in [-0.2, -0.15) is 0 Å². The highest BCUT2D eigenvalue weighted by Crippen LogP contribution is 2.31. The van der Waals surface area contributed by atoms with Crippen LogP contribution in [-0.4, -0.2) is 45.0 Å². The Morgan fingerprint density at radius 3 is 2.84 bits per heavy atom. The van der Waals surface area contributed by atoms with E-state index in [-0.39, 0.29) is 5.41 Å². The van der Waals surface area contributed by atoms with Crippen LogP contribution < -0.4 is 15.4 Å². The molecule has 1 aromatic carbocycles. The number of morpholine rings is 1. The molecule has 0 bridgehead atoms. The van der Waals surface area contributed by atoms with Crippen LogP contribution in [0.2, 0.25) is 0 Å². The normalized spacial score (nSPS) is 27.4. The third-order valence-electron chi connectivity index (χ3n) is 5.50. The summed E-state index contributed by atoms with van der Waals surface area (Å²) in [6, 6.07) is 9.50. The Kier molecular flexibility index (Phi) is 6.37. The molecule has 2 N–H and O–H groups in total. The summed E-state index contributed by atoms with van der Waals surface area (Å²) in [4.78, 5) is 0. The van der Waals surface area contributed by atoms with Crippen molar-refractivity contribution in [2.75, 3.05) is 32.9 Å². The van der Waals surface area contributed by atoms with Gasteiger partial charge in [0.2, 0.25) is 0 Å². The van der Waals surface area contributed by atoms with Crippen molar-refractivity contribution in [1.29, 1.82) is 0 Å². The second-order valence-corrected chi connectivity index (χ2v) is 8.39. The van der Waals surface area contributed by atoms with E-state index in [0.717, 1.165) is 32.1 Å². The molecule has 0 aromatic heterocycles. The van der Waals surface area contributed by atoms with Crippen LogP contribution in [0, 0.1) is 5.92 Å². The van der Waals surface area contributed by atoms with Crippen LogP contribution in [0.15, 0.2) is 24.3 Å². The third-order valence-corrected chi connectivity index (χ3v) is 5.50. The van der Waals surface area contributed by atoms with Crippen LogP contribution in [-0.2, 0) is 10.2 Å². The van der Waals surface area contributed by atoms with E-state index in [4.69, 9.17) is 9.47 Å². The number of hydrogen-bond donors (Lipinski definition) is 2. The van der Waals surface area contributed by atoms with Gasteiger partial charge in [-0.1, -0.05) is 45.4 Å². The van der Waals surface area contributed by atoms with Gasteiger partial charge in [-0.3, -0.25) is 0 Å². The minimum atomic E-state index is 0.104. The standard InChI is InChI=1S/C21H34N2O2/c1-21(2,3)17-8-4-5-10-20(17)25-14-12-22-18-9-6-7-16(18)19-15-24-13-11-23-19/h4-5,8,10,16,18-19,22-23H,6-7,9,11-15H2,1-3H3. The van der Waals surface area contributed by atoms with Crippen molar-refractivity contribution >= 4 is 0 Å². The highest BCUT2D eigenvalue weighted by atomic mass is 16.5. The molecule has 3 atom stereocenters. The largest absolute Gasteiger partial charge is 0.492 e. The fraction of sp³-hybridized carbons (Fsp3) is 0.714. The van der Waals surface area contributed by atoms with E-state index in [2.05, 4.69) is 55.7 Å². The summed E-state index contributed by atoms with van der Waals surface area (Å²) in [5, 5.41) is 7.37. The molecule has 4 nitrogen and oxygen atoms in total. The van der Waals surface area contributed by atoms with Gasteiger partial charge in [-0.25, -0.2) is 0 Å². The highest BCUT2D eigenvalue weighted by Gasteiger charge is 2.34. The van der Waals surface area contributed by atoms with Gasteiger partial charge in [0.15, 0.2) is 0 Å². The Balaban J connectivity index is 1.47. The van der Waals surface area contributed by atoms with E-state index in [9.17, 15) is 0 Å². The Morgan fingerprint density at radius 1 is 1.24 bits per heavy atom. The first-order valence-electron chi connectivity index (χ1n) is 9.82. The quantitative estimate of drug-likeness (QED) is 0.777.